The highest BCUT2D eigenvalue weighted by Gasteiger charge is 2.73. The zero-order chi connectivity index (χ0) is 17.5. The van der Waals surface area contributed by atoms with Crippen molar-refractivity contribution in [3.8, 4) is 0 Å². The lowest BCUT2D eigenvalue weighted by Gasteiger charge is -2.22. The molecule has 25 heavy (non-hydrogen) atoms. The molecule has 1 heterocycles. The second-order valence-corrected chi connectivity index (χ2v) is 8.14. The number of allylic oxidation sites excluding steroid dienone is 2. The fourth-order valence-corrected chi connectivity index (χ4v) is 5.52. The second-order valence-electron chi connectivity index (χ2n) is 7.30. The summed E-state index contributed by atoms with van der Waals surface area (Å²) in [6.45, 7) is 0. The average molecular weight is 377 g/mol. The van der Waals surface area contributed by atoms with Gasteiger partial charge in [0.15, 0.2) is 0 Å². The van der Waals surface area contributed by atoms with E-state index in [1.165, 1.54) is 18.2 Å². The Bertz CT molecular complexity index is 843. The Balaban J connectivity index is 1.41. The number of hydrazine groups is 1. The van der Waals surface area contributed by atoms with Gasteiger partial charge in [0.25, 0.3) is 17.7 Å². The number of rotatable bonds is 2. The minimum absolute atomic E-state index is 0.125. The van der Waals surface area contributed by atoms with Crippen LogP contribution in [0, 0.1) is 29.1 Å². The van der Waals surface area contributed by atoms with E-state index >= 15 is 0 Å². The topological polar surface area (TPSA) is 66.5 Å². The quantitative estimate of drug-likeness (QED) is 0.637. The maximum Gasteiger partial charge on any atom is 0.271 e. The number of carbonyl (C=O) groups is 3. The number of hydrogen-bond acceptors (Lipinski definition) is 3. The Morgan fingerprint density at radius 3 is 2.20 bits per heavy atom. The van der Waals surface area contributed by atoms with Crippen molar-refractivity contribution >= 4 is 40.9 Å². The van der Waals surface area contributed by atoms with Crippen molar-refractivity contribution in [3.63, 3.8) is 0 Å². The molecule has 3 amide bonds. The standard InChI is InChI=1S/C18H14Cl2N2O3/c19-8-1-2-9(12(20)7-8)15(23)21-22-16(24)13-10-3-4-11(14(13)17(22)25)18(10)5-6-18/h1-4,7,10-11,13-14H,5-6H2,(H,21,23)/t10-,11-,13-,14-/m1/s1. The minimum atomic E-state index is -0.593. The van der Waals surface area contributed by atoms with Crippen LogP contribution in [-0.4, -0.2) is 22.7 Å². The molecular weight excluding hydrogens is 363 g/mol. The van der Waals surface area contributed by atoms with Gasteiger partial charge < -0.3 is 0 Å². The Hall–Kier alpha value is -1.85. The molecule has 0 radical (unpaired) electrons. The average Bonchev–Trinajstić information content (AvgIpc) is 3.17. The third-order valence-electron chi connectivity index (χ3n) is 6.24. The summed E-state index contributed by atoms with van der Waals surface area (Å²) in [6.07, 6.45) is 6.34. The van der Waals surface area contributed by atoms with Crippen LogP contribution in [-0.2, 0) is 9.59 Å². The molecule has 5 nitrogen and oxygen atoms in total. The SMILES string of the molecule is O=C(NN1C(=O)[C@H]2[C@H](C1=O)[C@H]1C=C[C@H]2C12CC2)c1ccc(Cl)cc1Cl. The molecule has 4 atom stereocenters. The number of amides is 3. The highest BCUT2D eigenvalue weighted by atomic mass is 35.5. The Morgan fingerprint density at radius 2 is 1.68 bits per heavy atom. The van der Waals surface area contributed by atoms with Gasteiger partial charge in [0, 0.05) is 5.02 Å². The van der Waals surface area contributed by atoms with Gasteiger partial charge in [-0.25, -0.2) is 0 Å². The minimum Gasteiger partial charge on any atom is -0.272 e. The second kappa shape index (κ2) is 4.86. The first-order valence-corrected chi connectivity index (χ1v) is 9.02. The number of benzene rings is 1. The van der Waals surface area contributed by atoms with E-state index in [1.54, 1.807) is 0 Å². The number of hydrogen-bond donors (Lipinski definition) is 1. The molecule has 1 aromatic rings. The van der Waals surface area contributed by atoms with E-state index in [0.717, 1.165) is 17.9 Å². The molecule has 2 bridgehead atoms. The van der Waals surface area contributed by atoms with Crippen LogP contribution < -0.4 is 5.43 Å². The molecule has 1 aromatic carbocycles. The number of carbonyl (C=O) groups excluding carboxylic acids is 3. The molecule has 1 saturated heterocycles. The zero-order valence-electron chi connectivity index (χ0n) is 13.0. The van der Waals surface area contributed by atoms with Crippen molar-refractivity contribution < 1.29 is 14.4 Å². The number of imide groups is 1. The lowest BCUT2D eigenvalue weighted by atomic mass is 9.85. The Morgan fingerprint density at radius 1 is 1.08 bits per heavy atom. The van der Waals surface area contributed by atoms with Gasteiger partial charge in [-0.2, -0.15) is 5.01 Å². The molecular formula is C18H14Cl2N2O3. The van der Waals surface area contributed by atoms with E-state index < -0.39 is 5.91 Å². The molecule has 7 heteroatoms. The van der Waals surface area contributed by atoms with Gasteiger partial charge in [-0.05, 0) is 48.3 Å². The van der Waals surface area contributed by atoms with Gasteiger partial charge in [0.2, 0.25) is 0 Å². The van der Waals surface area contributed by atoms with Gasteiger partial charge in [-0.1, -0.05) is 35.4 Å². The van der Waals surface area contributed by atoms with Gasteiger partial charge in [0.1, 0.15) is 0 Å². The first kappa shape index (κ1) is 15.4. The van der Waals surface area contributed by atoms with Crippen LogP contribution in [0.4, 0.5) is 0 Å². The molecule has 0 aromatic heterocycles. The van der Waals surface area contributed by atoms with Gasteiger partial charge in [-0.3, -0.25) is 19.8 Å². The molecule has 128 valence electrons. The summed E-state index contributed by atoms with van der Waals surface area (Å²) in [4.78, 5) is 38.1. The van der Waals surface area contributed by atoms with E-state index in [9.17, 15) is 14.4 Å². The van der Waals surface area contributed by atoms with Gasteiger partial charge >= 0.3 is 0 Å². The lowest BCUT2D eigenvalue weighted by molar-refractivity contribution is -0.144. The smallest absolute Gasteiger partial charge is 0.271 e. The highest BCUT2D eigenvalue weighted by molar-refractivity contribution is 6.36. The van der Waals surface area contributed by atoms with Crippen LogP contribution >= 0.6 is 23.2 Å². The fraction of sp³-hybridized carbons (Fsp3) is 0.389. The summed E-state index contributed by atoms with van der Waals surface area (Å²) in [5.41, 5.74) is 2.75. The van der Waals surface area contributed by atoms with Crippen LogP contribution in [0.15, 0.2) is 30.4 Å². The van der Waals surface area contributed by atoms with Crippen LogP contribution in [0.2, 0.25) is 10.0 Å². The van der Waals surface area contributed by atoms with Crippen molar-refractivity contribution in [3.05, 3.63) is 46.0 Å². The highest BCUT2D eigenvalue weighted by Crippen LogP contribution is 2.73. The molecule has 3 fully saturated rings. The van der Waals surface area contributed by atoms with Crippen LogP contribution in [0.25, 0.3) is 0 Å². The zero-order valence-corrected chi connectivity index (χ0v) is 14.6. The number of fused-ring (bicyclic) bond motifs is 3. The summed E-state index contributed by atoms with van der Waals surface area (Å²) in [6, 6.07) is 4.45. The first-order chi connectivity index (χ1) is 11.9. The first-order valence-electron chi connectivity index (χ1n) is 8.26. The van der Waals surface area contributed by atoms with Crippen molar-refractivity contribution in [2.75, 3.05) is 0 Å². The van der Waals surface area contributed by atoms with E-state index in [-0.39, 0.29) is 51.5 Å². The van der Waals surface area contributed by atoms with Crippen molar-refractivity contribution in [1.29, 1.82) is 0 Å². The number of halogens is 2. The molecule has 1 spiro atoms. The van der Waals surface area contributed by atoms with Crippen molar-refractivity contribution in [1.82, 2.24) is 10.4 Å². The number of nitrogens with one attached hydrogen (secondary N) is 1. The van der Waals surface area contributed by atoms with Crippen LogP contribution in [0.1, 0.15) is 23.2 Å². The fourth-order valence-electron chi connectivity index (χ4n) is 5.02. The van der Waals surface area contributed by atoms with Crippen LogP contribution in [0.5, 0.6) is 0 Å². The van der Waals surface area contributed by atoms with E-state index in [1.807, 2.05) is 0 Å². The lowest BCUT2D eigenvalue weighted by Crippen LogP contribution is -2.48. The van der Waals surface area contributed by atoms with Crippen LogP contribution in [0.3, 0.4) is 0 Å². The predicted octanol–water partition coefficient (Wildman–Crippen LogP) is 2.84. The summed E-state index contributed by atoms with van der Waals surface area (Å²) in [5, 5.41) is 1.47. The molecule has 1 aliphatic heterocycles. The maximum atomic E-state index is 12.8. The summed E-state index contributed by atoms with van der Waals surface area (Å²) < 4.78 is 0. The normalized spacial score (nSPS) is 33.3. The monoisotopic (exact) mass is 376 g/mol. The maximum absolute atomic E-state index is 12.8. The summed E-state index contributed by atoms with van der Waals surface area (Å²) >= 11 is 11.9. The van der Waals surface area contributed by atoms with Crippen molar-refractivity contribution in [2.45, 2.75) is 12.8 Å². The number of nitrogens with zero attached hydrogens (tertiary/aromatic N) is 1. The molecule has 2 saturated carbocycles. The Labute approximate surface area is 153 Å². The molecule has 3 aliphatic carbocycles. The molecule has 0 unspecified atom stereocenters. The van der Waals surface area contributed by atoms with E-state index in [4.69, 9.17) is 23.2 Å². The summed E-state index contributed by atoms with van der Waals surface area (Å²) in [7, 11) is 0. The summed E-state index contributed by atoms with van der Waals surface area (Å²) in [5.74, 6) is -1.64. The molecule has 5 rings (SSSR count). The van der Waals surface area contributed by atoms with Gasteiger partial charge in [-0.15, -0.1) is 0 Å². The third-order valence-corrected chi connectivity index (χ3v) is 6.79. The van der Waals surface area contributed by atoms with Crippen molar-refractivity contribution in [2.24, 2.45) is 29.1 Å². The predicted molar refractivity (Wildman–Crippen MR) is 90.5 cm³/mol. The van der Waals surface area contributed by atoms with E-state index in [0.29, 0.717) is 5.02 Å². The third kappa shape index (κ3) is 1.88. The van der Waals surface area contributed by atoms with E-state index in [2.05, 4.69) is 17.6 Å². The molecule has 1 N–H and O–H groups in total. The molecule has 4 aliphatic rings. The largest absolute Gasteiger partial charge is 0.272 e. The van der Waals surface area contributed by atoms with Gasteiger partial charge in [0.05, 0.1) is 22.4 Å². The Kier molecular flexibility index (Phi) is 3.00.